The van der Waals surface area contributed by atoms with E-state index < -0.39 is 6.10 Å². The molecule has 1 aliphatic rings. The number of thiophene rings is 1. The van der Waals surface area contributed by atoms with Crippen molar-refractivity contribution >= 4 is 21.6 Å². The minimum Gasteiger partial charge on any atom is -0.389 e. The maximum atomic E-state index is 13.0. The van der Waals surface area contributed by atoms with Crippen LogP contribution in [0.4, 0.5) is 0 Å². The van der Waals surface area contributed by atoms with Crippen LogP contribution in [0, 0.1) is 0 Å². The number of morpholine rings is 1. The van der Waals surface area contributed by atoms with E-state index in [2.05, 4.69) is 14.8 Å². The second-order valence-corrected chi connectivity index (χ2v) is 9.79. The van der Waals surface area contributed by atoms with Gasteiger partial charge in [-0.05, 0) is 19.4 Å². The number of nitrogens with zero attached hydrogens (tertiary/aromatic N) is 3. The number of fused-ring (bicyclic) bond motifs is 1. The Morgan fingerprint density at radius 2 is 2.03 bits per heavy atom. The van der Waals surface area contributed by atoms with Crippen LogP contribution in [0.5, 0.6) is 0 Å². The number of H-pyrrole nitrogens is 1. The Morgan fingerprint density at radius 3 is 2.76 bits per heavy atom. The Morgan fingerprint density at radius 1 is 1.26 bits per heavy atom. The van der Waals surface area contributed by atoms with Crippen LogP contribution in [0.2, 0.25) is 0 Å². The molecule has 0 amide bonds. The van der Waals surface area contributed by atoms with E-state index in [1.54, 1.807) is 0 Å². The molecular formula is C25H34N4O4S. The summed E-state index contributed by atoms with van der Waals surface area (Å²) < 4.78 is 11.0. The highest BCUT2D eigenvalue weighted by Gasteiger charge is 2.19. The molecule has 3 heterocycles. The summed E-state index contributed by atoms with van der Waals surface area (Å²) in [6.45, 7) is 10.0. The van der Waals surface area contributed by atoms with Gasteiger partial charge >= 0.3 is 0 Å². The van der Waals surface area contributed by atoms with Gasteiger partial charge in [-0.15, -0.1) is 11.3 Å². The van der Waals surface area contributed by atoms with Crippen LogP contribution in [0.1, 0.15) is 19.7 Å². The van der Waals surface area contributed by atoms with Crippen LogP contribution in [0.3, 0.4) is 0 Å². The van der Waals surface area contributed by atoms with Crippen molar-refractivity contribution < 1.29 is 14.6 Å². The van der Waals surface area contributed by atoms with Gasteiger partial charge in [0.05, 0.1) is 44.0 Å². The van der Waals surface area contributed by atoms with E-state index in [0.717, 1.165) is 55.4 Å². The molecule has 1 atom stereocenters. The first-order valence-electron chi connectivity index (χ1n) is 11.9. The zero-order valence-electron chi connectivity index (χ0n) is 19.9. The van der Waals surface area contributed by atoms with Crippen molar-refractivity contribution in [2.24, 2.45) is 0 Å². The number of benzene rings is 1. The third-order valence-electron chi connectivity index (χ3n) is 5.88. The zero-order chi connectivity index (χ0) is 23.9. The maximum Gasteiger partial charge on any atom is 0.260 e. The van der Waals surface area contributed by atoms with Crippen LogP contribution in [0.15, 0.2) is 40.5 Å². The average molecular weight is 487 g/mol. The number of hydrogen-bond acceptors (Lipinski definition) is 8. The SMILES string of the molecule is CC(C)OC[C@H](O)CN(CCN1CCOCC1)Cc1nc2scc(-c3ccccc3)c2c(=O)[nH]1. The van der Waals surface area contributed by atoms with Crippen molar-refractivity contribution in [3.63, 3.8) is 0 Å². The molecular weight excluding hydrogens is 452 g/mol. The fraction of sp³-hybridized carbons (Fsp3) is 0.520. The Hall–Kier alpha value is -2.14. The molecule has 8 nitrogen and oxygen atoms in total. The van der Waals surface area contributed by atoms with Crippen LogP contribution < -0.4 is 5.56 Å². The summed E-state index contributed by atoms with van der Waals surface area (Å²) in [7, 11) is 0. The molecule has 34 heavy (non-hydrogen) atoms. The molecule has 9 heteroatoms. The topological polar surface area (TPSA) is 90.9 Å². The molecule has 0 spiro atoms. The number of aromatic nitrogens is 2. The van der Waals surface area contributed by atoms with Gasteiger partial charge in [-0.25, -0.2) is 4.98 Å². The van der Waals surface area contributed by atoms with Crippen molar-refractivity contribution in [1.82, 2.24) is 19.8 Å². The van der Waals surface area contributed by atoms with E-state index in [9.17, 15) is 9.90 Å². The van der Waals surface area contributed by atoms with Crippen molar-refractivity contribution in [3.8, 4) is 11.1 Å². The molecule has 1 aliphatic heterocycles. The van der Waals surface area contributed by atoms with Gasteiger partial charge in [0.25, 0.3) is 5.56 Å². The molecule has 0 aliphatic carbocycles. The van der Waals surface area contributed by atoms with E-state index >= 15 is 0 Å². The molecule has 1 aromatic carbocycles. The number of ether oxygens (including phenoxy) is 2. The van der Waals surface area contributed by atoms with Gasteiger partial charge in [0, 0.05) is 43.7 Å². The molecule has 3 aromatic rings. The summed E-state index contributed by atoms with van der Waals surface area (Å²) in [4.78, 5) is 26.0. The third kappa shape index (κ3) is 6.71. The lowest BCUT2D eigenvalue weighted by atomic mass is 10.1. The van der Waals surface area contributed by atoms with Crippen LogP contribution in [0.25, 0.3) is 21.3 Å². The summed E-state index contributed by atoms with van der Waals surface area (Å²) in [6.07, 6.45) is -0.552. The number of aromatic amines is 1. The van der Waals surface area contributed by atoms with E-state index in [1.807, 2.05) is 49.6 Å². The van der Waals surface area contributed by atoms with Gasteiger partial charge in [0.1, 0.15) is 10.7 Å². The lowest BCUT2D eigenvalue weighted by molar-refractivity contribution is -0.0132. The molecule has 2 N–H and O–H groups in total. The van der Waals surface area contributed by atoms with Gasteiger partial charge in [0.15, 0.2) is 0 Å². The fourth-order valence-corrected chi connectivity index (χ4v) is 5.07. The average Bonchev–Trinajstić information content (AvgIpc) is 3.27. The molecule has 0 unspecified atom stereocenters. The van der Waals surface area contributed by atoms with Gasteiger partial charge in [-0.1, -0.05) is 30.3 Å². The largest absolute Gasteiger partial charge is 0.389 e. The maximum absolute atomic E-state index is 13.0. The summed E-state index contributed by atoms with van der Waals surface area (Å²) in [5.74, 6) is 0.609. The van der Waals surface area contributed by atoms with Crippen LogP contribution in [-0.4, -0.2) is 89.6 Å². The quantitative estimate of drug-likeness (QED) is 0.430. The van der Waals surface area contributed by atoms with Crippen LogP contribution >= 0.6 is 11.3 Å². The highest BCUT2D eigenvalue weighted by atomic mass is 32.1. The normalized spacial score (nSPS) is 16.0. The first-order chi connectivity index (χ1) is 16.5. The first kappa shape index (κ1) is 25.0. The Bertz CT molecular complexity index is 1100. The first-order valence-corrected chi connectivity index (χ1v) is 12.8. The minimum absolute atomic E-state index is 0.0644. The number of aliphatic hydroxyl groups excluding tert-OH is 1. The summed E-state index contributed by atoms with van der Waals surface area (Å²) in [5.41, 5.74) is 1.79. The lowest BCUT2D eigenvalue weighted by Gasteiger charge is -2.30. The van der Waals surface area contributed by atoms with E-state index in [0.29, 0.717) is 24.3 Å². The fourth-order valence-electron chi connectivity index (χ4n) is 4.11. The summed E-state index contributed by atoms with van der Waals surface area (Å²) in [6, 6.07) is 9.90. The Kier molecular flexibility index (Phi) is 8.82. The predicted molar refractivity (Wildman–Crippen MR) is 135 cm³/mol. The molecule has 0 radical (unpaired) electrons. The Labute approximate surface area is 204 Å². The smallest absolute Gasteiger partial charge is 0.260 e. The predicted octanol–water partition coefficient (Wildman–Crippen LogP) is 2.57. The number of rotatable bonds is 11. The third-order valence-corrected chi connectivity index (χ3v) is 6.75. The molecule has 184 valence electrons. The monoisotopic (exact) mass is 486 g/mol. The minimum atomic E-state index is -0.617. The molecule has 2 aromatic heterocycles. The van der Waals surface area contributed by atoms with Crippen LogP contribution in [-0.2, 0) is 16.0 Å². The van der Waals surface area contributed by atoms with E-state index in [4.69, 9.17) is 14.5 Å². The highest BCUT2D eigenvalue weighted by molar-refractivity contribution is 7.17. The summed E-state index contributed by atoms with van der Waals surface area (Å²) in [5, 5.41) is 13.2. The van der Waals surface area contributed by atoms with E-state index in [1.165, 1.54) is 11.3 Å². The highest BCUT2D eigenvalue weighted by Crippen LogP contribution is 2.30. The van der Waals surface area contributed by atoms with Gasteiger partial charge < -0.3 is 19.6 Å². The molecule has 0 bridgehead atoms. The lowest BCUT2D eigenvalue weighted by Crippen LogP contribution is -2.43. The summed E-state index contributed by atoms with van der Waals surface area (Å²) >= 11 is 1.48. The second-order valence-electron chi connectivity index (χ2n) is 8.93. The van der Waals surface area contributed by atoms with Gasteiger partial charge in [-0.3, -0.25) is 14.6 Å². The zero-order valence-corrected chi connectivity index (χ0v) is 20.7. The van der Waals surface area contributed by atoms with Crippen molar-refractivity contribution in [2.75, 3.05) is 52.5 Å². The number of nitrogens with one attached hydrogen (secondary N) is 1. The van der Waals surface area contributed by atoms with Crippen molar-refractivity contribution in [2.45, 2.75) is 32.6 Å². The standard InChI is InChI=1S/C25H34N4O4S/c1-18(2)33-16-20(30)14-29(9-8-28-10-12-32-13-11-28)15-22-26-24(31)23-21(17-34-25(23)27-22)19-6-4-3-5-7-19/h3-7,17-18,20,30H,8-16H2,1-2H3,(H,26,27,31)/t20-/m1/s1. The number of aliphatic hydroxyl groups is 1. The second kappa shape index (κ2) is 12.0. The van der Waals surface area contributed by atoms with E-state index in [-0.39, 0.29) is 18.3 Å². The van der Waals surface area contributed by atoms with Crippen molar-refractivity contribution in [1.29, 1.82) is 0 Å². The molecule has 0 saturated carbocycles. The number of hydrogen-bond donors (Lipinski definition) is 2. The Balaban J connectivity index is 1.50. The molecule has 1 saturated heterocycles. The van der Waals surface area contributed by atoms with Gasteiger partial charge in [-0.2, -0.15) is 0 Å². The van der Waals surface area contributed by atoms with Crippen molar-refractivity contribution in [3.05, 3.63) is 51.9 Å². The molecule has 1 fully saturated rings. The molecule has 4 rings (SSSR count). The van der Waals surface area contributed by atoms with Gasteiger partial charge in [0.2, 0.25) is 0 Å².